The number of ether oxygens (including phenoxy) is 2. The molecule has 0 radical (unpaired) electrons. The van der Waals surface area contributed by atoms with Crippen molar-refractivity contribution in [1.29, 1.82) is 0 Å². The lowest BCUT2D eigenvalue weighted by Gasteiger charge is -2.35. The molecule has 16 heavy (non-hydrogen) atoms. The van der Waals surface area contributed by atoms with Crippen LogP contribution in [0.15, 0.2) is 0 Å². The summed E-state index contributed by atoms with van der Waals surface area (Å²) < 4.78 is 9.96. The van der Waals surface area contributed by atoms with Gasteiger partial charge in [-0.25, -0.2) is 4.79 Å². The van der Waals surface area contributed by atoms with E-state index >= 15 is 0 Å². The van der Waals surface area contributed by atoms with Crippen LogP contribution in [0.4, 0.5) is 0 Å². The third-order valence-corrected chi connectivity index (χ3v) is 2.93. The van der Waals surface area contributed by atoms with Gasteiger partial charge in [0, 0.05) is 20.2 Å². The van der Waals surface area contributed by atoms with Crippen LogP contribution in [0.2, 0.25) is 0 Å². The zero-order valence-corrected chi connectivity index (χ0v) is 10.1. The molecular weight excluding hydrogens is 210 g/mol. The Morgan fingerprint density at radius 3 is 2.69 bits per heavy atom. The molecule has 1 fully saturated rings. The molecule has 0 aromatic heterocycles. The molecule has 5 heteroatoms. The van der Waals surface area contributed by atoms with Crippen molar-refractivity contribution in [2.75, 3.05) is 26.8 Å². The van der Waals surface area contributed by atoms with E-state index < -0.39 is 11.9 Å². The second-order valence-corrected chi connectivity index (χ2v) is 4.01. The summed E-state index contributed by atoms with van der Waals surface area (Å²) in [6.45, 7) is 5.05. The molecule has 1 aliphatic heterocycles. The normalized spacial score (nSPS) is 25.3. The van der Waals surface area contributed by atoms with Crippen molar-refractivity contribution in [2.24, 2.45) is 5.92 Å². The molecule has 1 aliphatic rings. The van der Waals surface area contributed by atoms with E-state index in [-0.39, 0.29) is 12.7 Å². The van der Waals surface area contributed by atoms with Crippen molar-refractivity contribution in [3.8, 4) is 0 Å². The van der Waals surface area contributed by atoms with E-state index in [1.54, 1.807) is 14.0 Å². The summed E-state index contributed by atoms with van der Waals surface area (Å²) in [5.41, 5.74) is 0. The predicted molar refractivity (Wildman–Crippen MR) is 57.8 cm³/mol. The van der Waals surface area contributed by atoms with Gasteiger partial charge in [-0.1, -0.05) is 6.92 Å². The highest BCUT2D eigenvalue weighted by atomic mass is 16.5. The van der Waals surface area contributed by atoms with Gasteiger partial charge in [0.05, 0.1) is 12.7 Å². The number of esters is 1. The van der Waals surface area contributed by atoms with E-state index in [9.17, 15) is 9.59 Å². The molecule has 0 N–H and O–H groups in total. The number of carbonyl (C=O) groups excluding carboxylic acids is 2. The number of rotatable bonds is 2. The number of hydrogen-bond donors (Lipinski definition) is 0. The van der Waals surface area contributed by atoms with Gasteiger partial charge in [0.25, 0.3) is 0 Å². The maximum Gasteiger partial charge on any atom is 0.397 e. The summed E-state index contributed by atoms with van der Waals surface area (Å²) in [6.07, 6.45) is 0.857. The van der Waals surface area contributed by atoms with Gasteiger partial charge < -0.3 is 14.4 Å². The van der Waals surface area contributed by atoms with Gasteiger partial charge >= 0.3 is 11.9 Å². The lowest BCUT2D eigenvalue weighted by molar-refractivity contribution is -0.162. The molecule has 1 heterocycles. The zero-order valence-electron chi connectivity index (χ0n) is 10.1. The Labute approximate surface area is 95.7 Å². The number of piperidine rings is 1. The number of nitrogens with zero attached hydrogens (tertiary/aromatic N) is 1. The molecule has 92 valence electrons. The van der Waals surface area contributed by atoms with Crippen LogP contribution in [0.1, 0.15) is 20.3 Å². The Kier molecular flexibility index (Phi) is 4.73. The van der Waals surface area contributed by atoms with E-state index in [0.717, 1.165) is 6.42 Å². The van der Waals surface area contributed by atoms with Gasteiger partial charge in [-0.3, -0.25) is 4.79 Å². The number of amides is 1. The van der Waals surface area contributed by atoms with Crippen LogP contribution >= 0.6 is 0 Å². The van der Waals surface area contributed by atoms with Crippen molar-refractivity contribution < 1.29 is 19.1 Å². The summed E-state index contributed by atoms with van der Waals surface area (Å²) in [5, 5.41) is 0. The highest BCUT2D eigenvalue weighted by Crippen LogP contribution is 2.19. The van der Waals surface area contributed by atoms with Crippen LogP contribution in [0.3, 0.4) is 0 Å². The van der Waals surface area contributed by atoms with E-state index in [2.05, 4.69) is 11.7 Å². The molecule has 0 aromatic rings. The number of carbonyl (C=O) groups is 2. The first-order chi connectivity index (χ1) is 7.60. The summed E-state index contributed by atoms with van der Waals surface area (Å²) in [5.74, 6) is -0.918. The van der Waals surface area contributed by atoms with Crippen LogP contribution in [0.25, 0.3) is 0 Å². The minimum absolute atomic E-state index is 0.00660. The van der Waals surface area contributed by atoms with Gasteiger partial charge in [-0.2, -0.15) is 0 Å². The van der Waals surface area contributed by atoms with Gasteiger partial charge in [-0.05, 0) is 19.3 Å². The third-order valence-electron chi connectivity index (χ3n) is 2.93. The van der Waals surface area contributed by atoms with Gasteiger partial charge in [-0.15, -0.1) is 0 Å². The van der Waals surface area contributed by atoms with E-state index in [1.807, 2.05) is 0 Å². The minimum atomic E-state index is -0.771. The highest BCUT2D eigenvalue weighted by Gasteiger charge is 2.32. The Morgan fingerprint density at radius 2 is 2.12 bits per heavy atom. The monoisotopic (exact) mass is 229 g/mol. The molecule has 2 unspecified atom stereocenters. The standard InChI is InChI=1S/C11H19NO4/c1-4-16-11(14)10(13)12-6-5-8(2)9(7-12)15-3/h8-9H,4-7H2,1-3H3. The SMILES string of the molecule is CCOC(=O)C(=O)N1CCC(C)C(OC)C1. The molecule has 0 bridgehead atoms. The van der Waals surface area contributed by atoms with Gasteiger partial charge in [0.15, 0.2) is 0 Å². The second kappa shape index (κ2) is 5.84. The first-order valence-corrected chi connectivity index (χ1v) is 5.59. The van der Waals surface area contributed by atoms with Gasteiger partial charge in [0.2, 0.25) is 0 Å². The largest absolute Gasteiger partial charge is 0.459 e. The summed E-state index contributed by atoms with van der Waals surface area (Å²) in [7, 11) is 1.62. The molecule has 1 saturated heterocycles. The number of hydrogen-bond acceptors (Lipinski definition) is 4. The van der Waals surface area contributed by atoms with Crippen molar-refractivity contribution in [2.45, 2.75) is 26.4 Å². The van der Waals surface area contributed by atoms with Crippen LogP contribution < -0.4 is 0 Å². The molecule has 2 atom stereocenters. The van der Waals surface area contributed by atoms with Crippen molar-refractivity contribution >= 4 is 11.9 Å². The number of methoxy groups -OCH3 is 1. The molecule has 1 amide bonds. The Hall–Kier alpha value is -1.10. The summed E-state index contributed by atoms with van der Waals surface area (Å²) >= 11 is 0. The van der Waals surface area contributed by atoms with Crippen molar-refractivity contribution in [3.05, 3.63) is 0 Å². The third kappa shape index (κ3) is 2.95. The average Bonchev–Trinajstić information content (AvgIpc) is 2.29. The predicted octanol–water partition coefficient (Wildman–Crippen LogP) is 0.433. The maximum absolute atomic E-state index is 11.7. The first-order valence-electron chi connectivity index (χ1n) is 5.59. The zero-order chi connectivity index (χ0) is 12.1. The maximum atomic E-state index is 11.7. The fourth-order valence-corrected chi connectivity index (χ4v) is 1.85. The lowest BCUT2D eigenvalue weighted by atomic mass is 9.96. The van der Waals surface area contributed by atoms with Crippen LogP contribution in [0, 0.1) is 5.92 Å². The fraction of sp³-hybridized carbons (Fsp3) is 0.818. The smallest absolute Gasteiger partial charge is 0.397 e. The topological polar surface area (TPSA) is 55.8 Å². The van der Waals surface area contributed by atoms with Crippen molar-refractivity contribution in [1.82, 2.24) is 4.90 Å². The summed E-state index contributed by atoms with van der Waals surface area (Å²) in [6, 6.07) is 0. The van der Waals surface area contributed by atoms with E-state index in [1.165, 1.54) is 4.90 Å². The molecule has 0 aliphatic carbocycles. The van der Waals surface area contributed by atoms with Crippen LogP contribution in [-0.4, -0.2) is 49.7 Å². The van der Waals surface area contributed by atoms with Crippen molar-refractivity contribution in [3.63, 3.8) is 0 Å². The Bertz CT molecular complexity index is 267. The Balaban J connectivity index is 2.54. The molecular formula is C11H19NO4. The van der Waals surface area contributed by atoms with Crippen LogP contribution in [0.5, 0.6) is 0 Å². The average molecular weight is 229 g/mol. The van der Waals surface area contributed by atoms with E-state index in [4.69, 9.17) is 4.74 Å². The summed E-state index contributed by atoms with van der Waals surface area (Å²) in [4.78, 5) is 24.4. The molecule has 5 nitrogen and oxygen atoms in total. The second-order valence-electron chi connectivity index (χ2n) is 4.01. The molecule has 1 rings (SSSR count). The number of likely N-dealkylation sites (tertiary alicyclic amines) is 1. The first kappa shape index (κ1) is 13.0. The van der Waals surface area contributed by atoms with Gasteiger partial charge in [0.1, 0.15) is 0 Å². The quantitative estimate of drug-likeness (QED) is 0.509. The molecule has 0 spiro atoms. The van der Waals surface area contributed by atoms with E-state index in [0.29, 0.717) is 19.0 Å². The minimum Gasteiger partial charge on any atom is -0.459 e. The molecule has 0 aromatic carbocycles. The molecule has 0 saturated carbocycles. The van der Waals surface area contributed by atoms with Crippen LogP contribution in [-0.2, 0) is 19.1 Å². The fourth-order valence-electron chi connectivity index (χ4n) is 1.85. The highest BCUT2D eigenvalue weighted by molar-refractivity contribution is 6.32. The Morgan fingerprint density at radius 1 is 1.44 bits per heavy atom. The lowest BCUT2D eigenvalue weighted by Crippen LogP contribution is -2.49.